The van der Waals surface area contributed by atoms with Gasteiger partial charge in [0.1, 0.15) is 0 Å². The summed E-state index contributed by atoms with van der Waals surface area (Å²) in [5, 5.41) is 3.58. The van der Waals surface area contributed by atoms with E-state index in [2.05, 4.69) is 43.4 Å². The van der Waals surface area contributed by atoms with Crippen LogP contribution in [0.15, 0.2) is 18.5 Å². The Morgan fingerprint density at radius 3 is 2.59 bits per heavy atom. The molecule has 0 radical (unpaired) electrons. The molecule has 1 heterocycles. The van der Waals surface area contributed by atoms with E-state index in [1.54, 1.807) is 0 Å². The molecular weight excluding hydrogens is 228 g/mol. The van der Waals surface area contributed by atoms with Crippen LogP contribution < -0.4 is 5.32 Å². The molecule has 2 nitrogen and oxygen atoms in total. The molecule has 0 aromatic carbocycles. The van der Waals surface area contributed by atoms with Crippen molar-refractivity contribution in [3.63, 3.8) is 0 Å². The number of nitrogens with zero attached hydrogens (tertiary/aromatic N) is 1. The first-order valence-corrected chi connectivity index (χ1v) is 7.55. The number of hydrogen-bond donors (Lipinski definition) is 1. The van der Waals surface area contributed by atoms with Gasteiger partial charge in [-0.25, -0.2) is 0 Å². The van der Waals surface area contributed by atoms with Crippen LogP contribution in [0.3, 0.4) is 0 Å². The van der Waals surface area contributed by atoms with E-state index in [1.165, 1.54) is 24.0 Å². The van der Waals surface area contributed by atoms with Crippen molar-refractivity contribution in [2.75, 3.05) is 12.8 Å². The molecule has 0 atom stereocenters. The molecule has 0 saturated carbocycles. The summed E-state index contributed by atoms with van der Waals surface area (Å²) in [7, 11) is 0. The van der Waals surface area contributed by atoms with E-state index < -0.39 is 0 Å². The Balaban J connectivity index is 2.49. The van der Waals surface area contributed by atoms with Crippen molar-refractivity contribution in [3.8, 4) is 0 Å². The fourth-order valence-electron chi connectivity index (χ4n) is 1.97. The minimum absolute atomic E-state index is 0.385. The van der Waals surface area contributed by atoms with Gasteiger partial charge in [-0.1, -0.05) is 13.8 Å². The number of thioether (sulfide) groups is 1. The van der Waals surface area contributed by atoms with Crippen LogP contribution in [0.5, 0.6) is 0 Å². The van der Waals surface area contributed by atoms with E-state index in [1.807, 2.05) is 24.2 Å². The third kappa shape index (κ3) is 4.00. The second-order valence-corrected chi connectivity index (χ2v) is 5.77. The Hall–Kier alpha value is -0.540. The lowest BCUT2D eigenvalue weighted by molar-refractivity contribution is 0.494. The van der Waals surface area contributed by atoms with Gasteiger partial charge in [-0.3, -0.25) is 4.98 Å². The third-order valence-electron chi connectivity index (χ3n) is 3.63. The van der Waals surface area contributed by atoms with Gasteiger partial charge >= 0.3 is 0 Å². The van der Waals surface area contributed by atoms with Gasteiger partial charge in [0, 0.05) is 30.2 Å². The second kappa shape index (κ2) is 7.02. The van der Waals surface area contributed by atoms with Gasteiger partial charge in [0.25, 0.3) is 0 Å². The van der Waals surface area contributed by atoms with Gasteiger partial charge in [-0.05, 0) is 43.2 Å². The number of aromatic nitrogens is 1. The first kappa shape index (κ1) is 14.5. The summed E-state index contributed by atoms with van der Waals surface area (Å²) in [6, 6.07) is 2.07. The largest absolute Gasteiger partial charge is 0.311 e. The van der Waals surface area contributed by atoms with Crippen LogP contribution in [0.25, 0.3) is 0 Å². The van der Waals surface area contributed by atoms with Crippen LogP contribution in [-0.4, -0.2) is 22.5 Å². The molecule has 0 aliphatic rings. The van der Waals surface area contributed by atoms with Crippen molar-refractivity contribution in [2.24, 2.45) is 0 Å². The molecule has 17 heavy (non-hydrogen) atoms. The van der Waals surface area contributed by atoms with E-state index in [4.69, 9.17) is 0 Å². The number of nitrogens with one attached hydrogen (secondary N) is 1. The van der Waals surface area contributed by atoms with Crippen molar-refractivity contribution in [3.05, 3.63) is 29.6 Å². The normalized spacial score (nSPS) is 11.8. The Kier molecular flexibility index (Phi) is 6.00. The lowest BCUT2D eigenvalue weighted by Gasteiger charge is -2.30. The standard InChI is InChI=1S/C14H24N2S/c1-5-14(6-2,17-4)11-16-10-13-9-15-8-7-12(13)3/h7-9,16H,5-6,10-11H2,1-4H3. The maximum absolute atomic E-state index is 4.18. The van der Waals surface area contributed by atoms with Crippen LogP contribution in [-0.2, 0) is 6.54 Å². The predicted molar refractivity (Wildman–Crippen MR) is 77.5 cm³/mol. The van der Waals surface area contributed by atoms with E-state index in [9.17, 15) is 0 Å². The summed E-state index contributed by atoms with van der Waals surface area (Å²) < 4.78 is 0.385. The summed E-state index contributed by atoms with van der Waals surface area (Å²) in [5.74, 6) is 0. The van der Waals surface area contributed by atoms with Crippen molar-refractivity contribution in [1.82, 2.24) is 10.3 Å². The fraction of sp³-hybridized carbons (Fsp3) is 0.643. The molecule has 0 fully saturated rings. The smallest absolute Gasteiger partial charge is 0.0315 e. The molecule has 0 amide bonds. The SMILES string of the molecule is CCC(CC)(CNCc1cnccc1C)SC. The van der Waals surface area contributed by atoms with E-state index in [-0.39, 0.29) is 0 Å². The minimum atomic E-state index is 0.385. The fourth-order valence-corrected chi connectivity index (χ4v) is 2.79. The molecule has 3 heteroatoms. The first-order valence-electron chi connectivity index (χ1n) is 6.32. The Labute approximate surface area is 110 Å². The number of rotatable bonds is 7. The zero-order chi connectivity index (χ0) is 12.7. The highest BCUT2D eigenvalue weighted by Crippen LogP contribution is 2.29. The molecule has 0 unspecified atom stereocenters. The summed E-state index contributed by atoms with van der Waals surface area (Å²) in [4.78, 5) is 4.18. The topological polar surface area (TPSA) is 24.9 Å². The minimum Gasteiger partial charge on any atom is -0.311 e. The maximum atomic E-state index is 4.18. The zero-order valence-corrected chi connectivity index (χ0v) is 12.2. The van der Waals surface area contributed by atoms with Gasteiger partial charge in [-0.15, -0.1) is 0 Å². The van der Waals surface area contributed by atoms with E-state index >= 15 is 0 Å². The molecule has 0 bridgehead atoms. The number of aryl methyl sites for hydroxylation is 1. The zero-order valence-electron chi connectivity index (χ0n) is 11.4. The summed E-state index contributed by atoms with van der Waals surface area (Å²) in [6.45, 7) is 8.67. The molecule has 96 valence electrons. The monoisotopic (exact) mass is 252 g/mol. The quantitative estimate of drug-likeness (QED) is 0.805. The molecule has 1 aromatic heterocycles. The average molecular weight is 252 g/mol. The molecule has 1 rings (SSSR count). The Morgan fingerprint density at radius 2 is 2.06 bits per heavy atom. The first-order chi connectivity index (χ1) is 8.17. The van der Waals surface area contributed by atoms with Crippen LogP contribution in [0.2, 0.25) is 0 Å². The van der Waals surface area contributed by atoms with Gasteiger partial charge in [0.05, 0.1) is 0 Å². The second-order valence-electron chi connectivity index (χ2n) is 4.50. The molecule has 0 aliphatic heterocycles. The van der Waals surface area contributed by atoms with Crippen LogP contribution >= 0.6 is 11.8 Å². The number of pyridine rings is 1. The van der Waals surface area contributed by atoms with E-state index in [0.717, 1.165) is 13.1 Å². The molecule has 0 spiro atoms. The molecule has 0 aliphatic carbocycles. The highest BCUT2D eigenvalue weighted by molar-refractivity contribution is 8.00. The van der Waals surface area contributed by atoms with Gasteiger partial charge in [-0.2, -0.15) is 11.8 Å². The third-order valence-corrected chi connectivity index (χ3v) is 5.22. The molecule has 0 saturated heterocycles. The summed E-state index contributed by atoms with van der Waals surface area (Å²) >= 11 is 1.98. The molecule has 1 N–H and O–H groups in total. The summed E-state index contributed by atoms with van der Waals surface area (Å²) in [6.07, 6.45) is 8.45. The summed E-state index contributed by atoms with van der Waals surface area (Å²) in [5.41, 5.74) is 2.62. The van der Waals surface area contributed by atoms with Crippen molar-refractivity contribution in [1.29, 1.82) is 0 Å². The van der Waals surface area contributed by atoms with Crippen LogP contribution in [0.4, 0.5) is 0 Å². The Morgan fingerprint density at radius 1 is 1.35 bits per heavy atom. The molecule has 1 aromatic rings. The molecular formula is C14H24N2S. The van der Waals surface area contributed by atoms with Gasteiger partial charge in [0.2, 0.25) is 0 Å². The maximum Gasteiger partial charge on any atom is 0.0315 e. The highest BCUT2D eigenvalue weighted by Gasteiger charge is 2.23. The van der Waals surface area contributed by atoms with Crippen molar-refractivity contribution in [2.45, 2.75) is 44.9 Å². The highest BCUT2D eigenvalue weighted by atomic mass is 32.2. The average Bonchev–Trinajstić information content (AvgIpc) is 2.37. The van der Waals surface area contributed by atoms with Crippen molar-refractivity contribution >= 4 is 11.8 Å². The van der Waals surface area contributed by atoms with Gasteiger partial charge < -0.3 is 5.32 Å². The van der Waals surface area contributed by atoms with E-state index in [0.29, 0.717) is 4.75 Å². The van der Waals surface area contributed by atoms with Crippen LogP contribution in [0.1, 0.15) is 37.8 Å². The number of hydrogen-bond acceptors (Lipinski definition) is 3. The lowest BCUT2D eigenvalue weighted by Crippen LogP contribution is -2.36. The van der Waals surface area contributed by atoms with Gasteiger partial charge in [0.15, 0.2) is 0 Å². The lowest BCUT2D eigenvalue weighted by atomic mass is 10.0. The van der Waals surface area contributed by atoms with Crippen molar-refractivity contribution < 1.29 is 0 Å². The Bertz CT molecular complexity index is 326. The van der Waals surface area contributed by atoms with Crippen LogP contribution in [0, 0.1) is 6.92 Å². The predicted octanol–water partition coefficient (Wildman–Crippen LogP) is 3.40.